The highest BCUT2D eigenvalue weighted by molar-refractivity contribution is 5.38. The molecule has 2 N–H and O–H groups in total. The Kier molecular flexibility index (Phi) is 4.25. The quantitative estimate of drug-likeness (QED) is 0.538. The average molecular weight is 436 g/mol. The highest BCUT2D eigenvalue weighted by Gasteiger charge is 2.61. The summed E-state index contributed by atoms with van der Waals surface area (Å²) in [5.41, 5.74) is 6.81. The maximum Gasteiger partial charge on any atom is 0.0937 e. The first kappa shape index (κ1) is 20.3. The van der Waals surface area contributed by atoms with Crippen molar-refractivity contribution in [2.75, 3.05) is 6.54 Å². The number of allylic oxidation sites excluding steroid dienone is 1. The molecule has 4 fully saturated rings. The molecule has 4 heteroatoms. The molecule has 4 aliphatic carbocycles. The number of fused-ring (bicyclic) bond motifs is 8. The van der Waals surface area contributed by atoms with E-state index in [0.29, 0.717) is 29.4 Å². The van der Waals surface area contributed by atoms with Gasteiger partial charge in [0.2, 0.25) is 0 Å². The van der Waals surface area contributed by atoms with Gasteiger partial charge in [-0.15, -0.1) is 0 Å². The van der Waals surface area contributed by atoms with Crippen LogP contribution in [0.2, 0.25) is 0 Å². The van der Waals surface area contributed by atoms with Crippen LogP contribution in [-0.4, -0.2) is 34.5 Å². The summed E-state index contributed by atoms with van der Waals surface area (Å²) in [5, 5.41) is 11.7. The zero-order chi connectivity index (χ0) is 21.8. The lowest BCUT2D eigenvalue weighted by atomic mass is 9.52. The summed E-state index contributed by atoms with van der Waals surface area (Å²) >= 11 is 0. The van der Waals surface area contributed by atoms with Crippen LogP contribution in [0.25, 0.3) is 0 Å². The van der Waals surface area contributed by atoms with Gasteiger partial charge in [-0.3, -0.25) is 5.10 Å². The predicted octanol–water partition coefficient (Wildman–Crippen LogP) is 5.37. The normalized spacial score (nSPS) is 51.8. The molecule has 0 bridgehead atoms. The van der Waals surface area contributed by atoms with Gasteiger partial charge in [-0.25, -0.2) is 0 Å². The molecule has 32 heavy (non-hydrogen) atoms. The minimum atomic E-state index is -0.00365. The summed E-state index contributed by atoms with van der Waals surface area (Å²) in [6, 6.07) is 0.543. The molecule has 1 aromatic rings. The molecule has 1 spiro atoms. The van der Waals surface area contributed by atoms with Crippen molar-refractivity contribution in [2.24, 2.45) is 35.0 Å². The first-order valence-corrected chi connectivity index (χ1v) is 13.6. The van der Waals surface area contributed by atoms with E-state index in [2.05, 4.69) is 49.4 Å². The minimum absolute atomic E-state index is 0.00365. The number of hydrogen-bond acceptors (Lipinski definition) is 3. The second-order valence-corrected chi connectivity index (χ2v) is 12.8. The van der Waals surface area contributed by atoms with Gasteiger partial charge in [0.05, 0.1) is 17.4 Å². The summed E-state index contributed by atoms with van der Waals surface area (Å²) in [4.78, 5) is 0. The fourth-order valence-electron chi connectivity index (χ4n) is 9.99. The Morgan fingerprint density at radius 3 is 2.91 bits per heavy atom. The average Bonchev–Trinajstić information content (AvgIpc) is 3.46. The van der Waals surface area contributed by atoms with Crippen LogP contribution >= 0.6 is 0 Å². The highest BCUT2D eigenvalue weighted by Crippen LogP contribution is 2.67. The number of hydrogen-bond donors (Lipinski definition) is 2. The van der Waals surface area contributed by atoms with Gasteiger partial charge in [-0.05, 0) is 111 Å². The Balaban J connectivity index is 1.24. The lowest BCUT2D eigenvalue weighted by Crippen LogP contribution is -2.49. The van der Waals surface area contributed by atoms with Crippen LogP contribution in [-0.2, 0) is 11.2 Å². The molecule has 1 unspecified atom stereocenters. The van der Waals surface area contributed by atoms with E-state index in [9.17, 15) is 0 Å². The number of H-pyrrole nitrogens is 1. The number of nitrogens with one attached hydrogen (secondary N) is 2. The standard InChI is InChI=1S/C28H41N3O/c1-15-11-25-26(29-13-15)17(3)28(32-25)10-7-18-19-5-6-22-21-14-30-31-24(21)8-9-27(22,4)23(19)12-20(18)16(28)2/h14-15,17-19,22-23,25-26,29H,5-13H2,1-4H3,(H,30,31)/t15-,17+,18-,19-,22?,23-,25+,26-,27-,28-/m0/s1. The van der Waals surface area contributed by atoms with Crippen LogP contribution in [0.15, 0.2) is 17.3 Å². The molecule has 3 heterocycles. The summed E-state index contributed by atoms with van der Waals surface area (Å²) in [6.45, 7) is 11.1. The van der Waals surface area contributed by atoms with Crippen molar-refractivity contribution in [3.63, 3.8) is 0 Å². The van der Waals surface area contributed by atoms with Crippen LogP contribution in [0.1, 0.15) is 89.8 Å². The molecule has 10 atom stereocenters. The molecule has 2 saturated carbocycles. The van der Waals surface area contributed by atoms with Gasteiger partial charge < -0.3 is 10.1 Å². The molecule has 0 radical (unpaired) electrons. The van der Waals surface area contributed by atoms with E-state index in [4.69, 9.17) is 4.74 Å². The van der Waals surface area contributed by atoms with Crippen LogP contribution in [0, 0.1) is 35.0 Å². The van der Waals surface area contributed by atoms with Crippen molar-refractivity contribution >= 4 is 0 Å². The molecule has 7 rings (SSSR count). The summed E-state index contributed by atoms with van der Waals surface area (Å²) < 4.78 is 7.09. The second-order valence-electron chi connectivity index (χ2n) is 12.8. The third kappa shape index (κ3) is 2.44. The van der Waals surface area contributed by atoms with Gasteiger partial charge in [0.25, 0.3) is 0 Å². The summed E-state index contributed by atoms with van der Waals surface area (Å²) in [5.74, 6) is 4.57. The van der Waals surface area contributed by atoms with Crippen LogP contribution < -0.4 is 5.32 Å². The topological polar surface area (TPSA) is 49.9 Å². The third-order valence-electron chi connectivity index (χ3n) is 11.7. The van der Waals surface area contributed by atoms with Gasteiger partial charge >= 0.3 is 0 Å². The first-order chi connectivity index (χ1) is 15.4. The largest absolute Gasteiger partial charge is 0.365 e. The maximum absolute atomic E-state index is 7.09. The zero-order valence-electron chi connectivity index (χ0n) is 20.4. The molecule has 0 aromatic carbocycles. The van der Waals surface area contributed by atoms with E-state index in [1.165, 1.54) is 50.6 Å². The zero-order valence-corrected chi connectivity index (χ0v) is 20.4. The van der Waals surface area contributed by atoms with E-state index >= 15 is 0 Å². The summed E-state index contributed by atoms with van der Waals surface area (Å²) in [6.07, 6.45) is 13.0. The van der Waals surface area contributed by atoms with Gasteiger partial charge in [-0.2, -0.15) is 5.10 Å². The lowest BCUT2D eigenvalue weighted by Gasteiger charge is -2.52. The Morgan fingerprint density at radius 1 is 1.16 bits per heavy atom. The Morgan fingerprint density at radius 2 is 2.03 bits per heavy atom. The molecule has 1 aromatic heterocycles. The molecule has 2 saturated heterocycles. The molecule has 4 nitrogen and oxygen atoms in total. The maximum atomic E-state index is 7.09. The predicted molar refractivity (Wildman–Crippen MR) is 126 cm³/mol. The van der Waals surface area contributed by atoms with E-state index in [-0.39, 0.29) is 5.60 Å². The van der Waals surface area contributed by atoms with Crippen molar-refractivity contribution in [3.8, 4) is 0 Å². The highest BCUT2D eigenvalue weighted by atomic mass is 16.5. The van der Waals surface area contributed by atoms with Gasteiger partial charge in [0.15, 0.2) is 0 Å². The molecular weight excluding hydrogens is 394 g/mol. The van der Waals surface area contributed by atoms with Crippen molar-refractivity contribution in [1.29, 1.82) is 0 Å². The summed E-state index contributed by atoms with van der Waals surface area (Å²) in [7, 11) is 0. The number of ether oxygens (including phenoxy) is 1. The van der Waals surface area contributed by atoms with Crippen molar-refractivity contribution < 1.29 is 4.74 Å². The van der Waals surface area contributed by atoms with Crippen molar-refractivity contribution in [3.05, 3.63) is 28.6 Å². The Bertz CT molecular complexity index is 966. The molecule has 6 aliphatic rings. The monoisotopic (exact) mass is 435 g/mol. The second kappa shape index (κ2) is 6.72. The van der Waals surface area contributed by atoms with E-state index < -0.39 is 0 Å². The fraction of sp³-hybridized carbons (Fsp3) is 0.821. The number of nitrogens with zero attached hydrogens (tertiary/aromatic N) is 1. The van der Waals surface area contributed by atoms with E-state index in [1.807, 2.05) is 5.57 Å². The number of rotatable bonds is 0. The molecular formula is C28H41N3O. The Hall–Kier alpha value is -1.13. The van der Waals surface area contributed by atoms with Gasteiger partial charge in [-0.1, -0.05) is 26.3 Å². The number of aromatic amines is 1. The van der Waals surface area contributed by atoms with E-state index in [0.717, 1.165) is 36.6 Å². The Labute approximate surface area is 193 Å². The van der Waals surface area contributed by atoms with Gasteiger partial charge in [0, 0.05) is 18.2 Å². The number of aromatic nitrogens is 2. The van der Waals surface area contributed by atoms with E-state index in [1.54, 1.807) is 11.1 Å². The molecule has 2 aliphatic heterocycles. The van der Waals surface area contributed by atoms with Crippen LogP contribution in [0.5, 0.6) is 0 Å². The smallest absolute Gasteiger partial charge is 0.0937 e. The third-order valence-corrected chi connectivity index (χ3v) is 11.7. The van der Waals surface area contributed by atoms with Crippen molar-refractivity contribution in [2.45, 2.75) is 103 Å². The molecule has 174 valence electrons. The van der Waals surface area contributed by atoms with Crippen LogP contribution in [0.3, 0.4) is 0 Å². The van der Waals surface area contributed by atoms with Gasteiger partial charge in [0.1, 0.15) is 0 Å². The number of aryl methyl sites for hydroxylation is 1. The van der Waals surface area contributed by atoms with Crippen molar-refractivity contribution in [1.82, 2.24) is 15.5 Å². The lowest BCUT2D eigenvalue weighted by molar-refractivity contribution is -0.0560. The van der Waals surface area contributed by atoms with Crippen LogP contribution in [0.4, 0.5) is 0 Å². The number of piperidine rings is 1. The molecule has 0 amide bonds. The first-order valence-electron chi connectivity index (χ1n) is 13.6. The minimum Gasteiger partial charge on any atom is -0.365 e. The SMILES string of the molecule is CC1=C2C[C@H]3[C@@H](CCC4c5c[nH]nc5CC[C@@]43C)[C@@H]2CC[C@]12O[C@@H]1C[C@H](C)CN[C@H]1[C@H]2C. The fourth-order valence-corrected chi connectivity index (χ4v) is 9.99.